The predicted octanol–water partition coefficient (Wildman–Crippen LogP) is 3.83. The van der Waals surface area contributed by atoms with Crippen molar-refractivity contribution in [1.29, 1.82) is 0 Å². The molecule has 1 unspecified atom stereocenters. The van der Waals surface area contributed by atoms with Gasteiger partial charge in [0.05, 0.1) is 5.41 Å². The summed E-state index contributed by atoms with van der Waals surface area (Å²) < 4.78 is 39.6. The fourth-order valence-corrected chi connectivity index (χ4v) is 2.60. The number of carbonyl (C=O) groups excluding carboxylic acids is 1. The molecule has 8 heteroatoms. The molecule has 1 aromatic carbocycles. The Morgan fingerprint density at radius 3 is 2.32 bits per heavy atom. The summed E-state index contributed by atoms with van der Waals surface area (Å²) in [5.74, 6) is -0.142. The fourth-order valence-electron chi connectivity index (χ4n) is 1.89. The lowest BCUT2D eigenvalue weighted by atomic mass is 10.1. The maximum Gasteiger partial charge on any atom is 0.422 e. The van der Waals surface area contributed by atoms with Crippen molar-refractivity contribution in [1.82, 2.24) is 5.32 Å². The Balaban J connectivity index is 1.83. The van der Waals surface area contributed by atoms with E-state index >= 15 is 0 Å². The number of amides is 1. The van der Waals surface area contributed by atoms with Crippen LogP contribution < -0.4 is 10.1 Å². The Bertz CT molecular complexity index is 560. The Kier molecular flexibility index (Phi) is 4.55. The molecule has 1 aliphatic rings. The second kappa shape index (κ2) is 5.81. The number of hydrogen-bond donors (Lipinski definition) is 1. The molecule has 1 aromatic rings. The van der Waals surface area contributed by atoms with E-state index in [2.05, 4.69) is 10.1 Å². The maximum absolute atomic E-state index is 12.0. The average Bonchev–Trinajstić information content (AvgIpc) is 2.94. The molecule has 1 fully saturated rings. The lowest BCUT2D eigenvalue weighted by molar-refractivity contribution is -0.153. The molecule has 2 rings (SSSR count). The Morgan fingerprint density at radius 1 is 1.32 bits per heavy atom. The second-order valence-electron chi connectivity index (χ2n) is 5.44. The highest BCUT2D eigenvalue weighted by Gasteiger charge is 2.67. The van der Waals surface area contributed by atoms with Gasteiger partial charge in [0.1, 0.15) is 10.1 Å². The smallest absolute Gasteiger partial charge is 0.422 e. The highest BCUT2D eigenvalue weighted by Crippen LogP contribution is 2.63. The van der Waals surface area contributed by atoms with Gasteiger partial charge in [-0.2, -0.15) is 13.2 Å². The van der Waals surface area contributed by atoms with Crippen molar-refractivity contribution in [3.63, 3.8) is 0 Å². The summed E-state index contributed by atoms with van der Waals surface area (Å²) >= 11 is 11.8. The van der Waals surface area contributed by atoms with E-state index in [9.17, 15) is 18.0 Å². The molecule has 1 aliphatic carbocycles. The van der Waals surface area contributed by atoms with Crippen molar-refractivity contribution in [3.05, 3.63) is 29.8 Å². The van der Waals surface area contributed by atoms with Gasteiger partial charge < -0.3 is 10.1 Å². The summed E-state index contributed by atoms with van der Waals surface area (Å²) in [6, 6.07) is 5.99. The van der Waals surface area contributed by atoms with Gasteiger partial charge in [-0.1, -0.05) is 12.1 Å². The molecule has 0 aliphatic heterocycles. The molecular formula is C14H14Cl2F3NO2. The van der Waals surface area contributed by atoms with Crippen LogP contribution in [-0.2, 0) is 11.3 Å². The van der Waals surface area contributed by atoms with E-state index in [1.807, 2.05) is 0 Å². The molecule has 1 N–H and O–H groups in total. The van der Waals surface area contributed by atoms with Gasteiger partial charge in [-0.3, -0.25) is 4.79 Å². The van der Waals surface area contributed by atoms with E-state index in [1.54, 1.807) is 19.1 Å². The van der Waals surface area contributed by atoms with Crippen LogP contribution in [0.4, 0.5) is 13.2 Å². The SMILES string of the molecule is CC1(C(=O)NCc2ccc(OCC(F)(F)F)cc2)CC1(Cl)Cl. The Labute approximate surface area is 135 Å². The van der Waals surface area contributed by atoms with Crippen molar-refractivity contribution in [2.24, 2.45) is 5.41 Å². The minimum absolute atomic E-state index is 0.113. The Hall–Kier alpha value is -1.14. The molecule has 1 amide bonds. The van der Waals surface area contributed by atoms with Gasteiger partial charge in [0.2, 0.25) is 5.91 Å². The van der Waals surface area contributed by atoms with Crippen LogP contribution in [0, 0.1) is 5.41 Å². The predicted molar refractivity (Wildman–Crippen MR) is 77.0 cm³/mol. The van der Waals surface area contributed by atoms with E-state index in [0.717, 1.165) is 5.56 Å². The van der Waals surface area contributed by atoms with E-state index in [0.29, 0.717) is 6.42 Å². The lowest BCUT2D eigenvalue weighted by Crippen LogP contribution is -2.32. The van der Waals surface area contributed by atoms with Gasteiger partial charge in [0.25, 0.3) is 0 Å². The molecule has 22 heavy (non-hydrogen) atoms. The van der Waals surface area contributed by atoms with Crippen molar-refractivity contribution in [2.45, 2.75) is 30.4 Å². The number of halogens is 5. The normalized spacial score (nSPS) is 23.0. The summed E-state index contributed by atoms with van der Waals surface area (Å²) in [6.45, 7) is 0.573. The number of rotatable bonds is 5. The fraction of sp³-hybridized carbons (Fsp3) is 0.500. The third-order valence-corrected chi connectivity index (χ3v) is 4.64. The molecular weight excluding hydrogens is 342 g/mol. The van der Waals surface area contributed by atoms with Crippen LogP contribution in [0.15, 0.2) is 24.3 Å². The van der Waals surface area contributed by atoms with Crippen LogP contribution in [-0.4, -0.2) is 23.0 Å². The van der Waals surface area contributed by atoms with Crippen LogP contribution >= 0.6 is 23.2 Å². The van der Waals surface area contributed by atoms with Gasteiger partial charge in [0.15, 0.2) is 6.61 Å². The van der Waals surface area contributed by atoms with Crippen LogP contribution in [0.3, 0.4) is 0 Å². The van der Waals surface area contributed by atoms with Crippen molar-refractivity contribution in [3.8, 4) is 5.75 Å². The summed E-state index contributed by atoms with van der Waals surface area (Å²) in [4.78, 5) is 12.0. The van der Waals surface area contributed by atoms with Gasteiger partial charge >= 0.3 is 6.18 Å². The summed E-state index contributed by atoms with van der Waals surface area (Å²) in [6.07, 6.45) is -3.98. The first-order valence-electron chi connectivity index (χ1n) is 6.48. The number of carbonyl (C=O) groups is 1. The minimum Gasteiger partial charge on any atom is -0.484 e. The monoisotopic (exact) mass is 355 g/mol. The molecule has 0 aromatic heterocycles. The number of ether oxygens (including phenoxy) is 1. The molecule has 122 valence electrons. The highest BCUT2D eigenvalue weighted by atomic mass is 35.5. The standard InChI is InChI=1S/C14H14Cl2F3NO2/c1-12(7-13(12,15)16)11(21)20-6-9-2-4-10(5-3-9)22-8-14(17,18)19/h2-5H,6-8H2,1H3,(H,20,21). The zero-order valence-corrected chi connectivity index (χ0v) is 13.1. The first-order valence-corrected chi connectivity index (χ1v) is 7.24. The summed E-state index contributed by atoms with van der Waals surface area (Å²) in [7, 11) is 0. The van der Waals surface area contributed by atoms with Gasteiger partial charge in [-0.05, 0) is 31.0 Å². The topological polar surface area (TPSA) is 38.3 Å². The molecule has 1 atom stereocenters. The van der Waals surface area contributed by atoms with Gasteiger partial charge in [-0.25, -0.2) is 0 Å². The zero-order chi connectivity index (χ0) is 16.6. The molecule has 3 nitrogen and oxygen atoms in total. The maximum atomic E-state index is 12.0. The molecule has 0 saturated heterocycles. The lowest BCUT2D eigenvalue weighted by Gasteiger charge is -2.13. The molecule has 0 bridgehead atoms. The zero-order valence-electron chi connectivity index (χ0n) is 11.6. The largest absolute Gasteiger partial charge is 0.484 e. The van der Waals surface area contributed by atoms with Crippen molar-refractivity contribution in [2.75, 3.05) is 6.61 Å². The quantitative estimate of drug-likeness (QED) is 0.815. The Morgan fingerprint density at radius 2 is 1.86 bits per heavy atom. The molecule has 0 spiro atoms. The van der Waals surface area contributed by atoms with Crippen molar-refractivity contribution >= 4 is 29.1 Å². The number of benzene rings is 1. The minimum atomic E-state index is -4.37. The molecule has 1 saturated carbocycles. The number of nitrogens with one attached hydrogen (secondary N) is 1. The van der Waals surface area contributed by atoms with Crippen LogP contribution in [0.1, 0.15) is 18.9 Å². The van der Waals surface area contributed by atoms with Crippen LogP contribution in [0.25, 0.3) is 0 Å². The third-order valence-electron chi connectivity index (χ3n) is 3.54. The number of alkyl halides is 5. The first-order chi connectivity index (χ1) is 10.0. The summed E-state index contributed by atoms with van der Waals surface area (Å²) in [5.41, 5.74) is -0.0713. The first kappa shape index (κ1) is 17.2. The van der Waals surface area contributed by atoms with E-state index in [-0.39, 0.29) is 18.2 Å². The number of hydrogen-bond acceptors (Lipinski definition) is 2. The summed E-state index contributed by atoms with van der Waals surface area (Å²) in [5, 5.41) is 2.70. The van der Waals surface area contributed by atoms with E-state index < -0.39 is 22.5 Å². The second-order valence-corrected chi connectivity index (χ2v) is 6.93. The van der Waals surface area contributed by atoms with Crippen LogP contribution in [0.2, 0.25) is 0 Å². The molecule has 0 radical (unpaired) electrons. The van der Waals surface area contributed by atoms with Crippen LogP contribution in [0.5, 0.6) is 5.75 Å². The van der Waals surface area contributed by atoms with E-state index in [4.69, 9.17) is 23.2 Å². The van der Waals surface area contributed by atoms with Gasteiger partial charge in [-0.15, -0.1) is 23.2 Å². The average molecular weight is 356 g/mol. The third kappa shape index (κ3) is 3.98. The van der Waals surface area contributed by atoms with E-state index in [1.165, 1.54) is 12.1 Å². The van der Waals surface area contributed by atoms with Crippen molar-refractivity contribution < 1.29 is 22.7 Å². The highest BCUT2D eigenvalue weighted by molar-refractivity contribution is 6.53. The molecule has 0 heterocycles. The van der Waals surface area contributed by atoms with Gasteiger partial charge in [0, 0.05) is 6.54 Å².